The molecule has 174 valence electrons. The minimum absolute atomic E-state index is 0.177. The van der Waals surface area contributed by atoms with Crippen molar-refractivity contribution in [3.05, 3.63) is 90.3 Å². The summed E-state index contributed by atoms with van der Waals surface area (Å²) in [7, 11) is 0. The number of aliphatic imine (C=N–C) groups is 1. The van der Waals surface area contributed by atoms with Gasteiger partial charge in [-0.3, -0.25) is 4.79 Å². The van der Waals surface area contributed by atoms with Crippen LogP contribution in [0.2, 0.25) is 0 Å². The van der Waals surface area contributed by atoms with Crippen molar-refractivity contribution in [3.63, 3.8) is 0 Å². The molecule has 1 aliphatic heterocycles. The summed E-state index contributed by atoms with van der Waals surface area (Å²) in [5, 5.41) is 3.39. The molecular weight excluding hydrogens is 627 g/mol. The van der Waals surface area contributed by atoms with Crippen LogP contribution in [0.25, 0.3) is 6.08 Å². The Kier molecular flexibility index (Phi) is 8.33. The van der Waals surface area contributed by atoms with Crippen molar-refractivity contribution < 1.29 is 14.3 Å². The number of nitrogens with one attached hydrogen (secondary N) is 1. The third-order valence-electron chi connectivity index (χ3n) is 4.84. The van der Waals surface area contributed by atoms with Gasteiger partial charge in [-0.05, 0) is 118 Å². The van der Waals surface area contributed by atoms with Crippen molar-refractivity contribution in [2.75, 3.05) is 6.61 Å². The number of carbonyl (C=O) groups is 1. The Morgan fingerprint density at radius 2 is 1.82 bits per heavy atom. The molecule has 0 bridgehead atoms. The Morgan fingerprint density at radius 1 is 1.09 bits per heavy atom. The molecule has 34 heavy (non-hydrogen) atoms. The number of ether oxygens (including phenoxy) is 2. The van der Waals surface area contributed by atoms with E-state index in [4.69, 9.17) is 9.47 Å². The van der Waals surface area contributed by atoms with Crippen LogP contribution in [0.1, 0.15) is 23.6 Å². The van der Waals surface area contributed by atoms with Gasteiger partial charge < -0.3 is 14.8 Å². The maximum atomic E-state index is 12.5. The summed E-state index contributed by atoms with van der Waals surface area (Å²) in [6.45, 7) is 4.87. The second kappa shape index (κ2) is 11.4. The number of halogens is 2. The lowest BCUT2D eigenvalue weighted by atomic mass is 10.1. The summed E-state index contributed by atoms with van der Waals surface area (Å²) in [4.78, 5) is 17.6. The van der Waals surface area contributed by atoms with Crippen LogP contribution in [-0.2, 0) is 11.4 Å². The van der Waals surface area contributed by atoms with Crippen LogP contribution >= 0.6 is 50.3 Å². The molecule has 3 aromatic carbocycles. The Morgan fingerprint density at radius 3 is 2.53 bits per heavy atom. The minimum Gasteiger partial charge on any atom is -0.490 e. The number of amidine groups is 1. The van der Waals surface area contributed by atoms with E-state index in [1.165, 1.54) is 15.3 Å². The second-order valence-corrected chi connectivity index (χ2v) is 10.6. The van der Waals surface area contributed by atoms with Crippen molar-refractivity contribution in [1.29, 1.82) is 0 Å². The zero-order chi connectivity index (χ0) is 24.1. The molecule has 8 heteroatoms. The number of aryl methyl sites for hydroxylation is 1. The van der Waals surface area contributed by atoms with E-state index in [9.17, 15) is 4.79 Å². The van der Waals surface area contributed by atoms with Gasteiger partial charge in [0.2, 0.25) is 0 Å². The maximum absolute atomic E-state index is 12.5. The molecule has 0 spiro atoms. The van der Waals surface area contributed by atoms with Crippen molar-refractivity contribution in [2.24, 2.45) is 4.99 Å². The van der Waals surface area contributed by atoms with Gasteiger partial charge in [-0.25, -0.2) is 4.99 Å². The van der Waals surface area contributed by atoms with E-state index in [0.717, 1.165) is 26.9 Å². The SMILES string of the molecule is CCOc1cc(/C=C2/SC(=Nc3ccc(C)cc3)NC2=O)cc(Br)c1OCc1ccc(I)cc1. The molecule has 5 nitrogen and oxygen atoms in total. The maximum Gasteiger partial charge on any atom is 0.264 e. The number of benzene rings is 3. The van der Waals surface area contributed by atoms with Crippen molar-refractivity contribution in [2.45, 2.75) is 20.5 Å². The van der Waals surface area contributed by atoms with E-state index in [-0.39, 0.29) is 5.91 Å². The summed E-state index contributed by atoms with van der Waals surface area (Å²) < 4.78 is 13.9. The number of nitrogens with zero attached hydrogens (tertiary/aromatic N) is 1. The zero-order valence-corrected chi connectivity index (χ0v) is 23.2. The molecule has 3 aromatic rings. The molecule has 0 aliphatic carbocycles. The lowest BCUT2D eigenvalue weighted by Crippen LogP contribution is -2.19. The Hall–Kier alpha value is -2.30. The highest BCUT2D eigenvalue weighted by atomic mass is 127. The number of rotatable bonds is 7. The van der Waals surface area contributed by atoms with Crippen molar-refractivity contribution in [3.8, 4) is 11.5 Å². The molecule has 1 aliphatic rings. The number of hydrogen-bond donors (Lipinski definition) is 1. The summed E-state index contributed by atoms with van der Waals surface area (Å²) in [6, 6.07) is 19.8. The molecule has 4 rings (SSSR count). The fraction of sp³-hybridized carbons (Fsp3) is 0.154. The number of amides is 1. The highest BCUT2D eigenvalue weighted by Gasteiger charge is 2.24. The highest BCUT2D eigenvalue weighted by molar-refractivity contribution is 14.1. The average Bonchev–Trinajstić information content (AvgIpc) is 3.14. The van der Waals surface area contributed by atoms with Gasteiger partial charge in [0, 0.05) is 3.57 Å². The topological polar surface area (TPSA) is 59.9 Å². The van der Waals surface area contributed by atoms with Crippen LogP contribution in [0.15, 0.2) is 75.0 Å². The molecular formula is C26H22BrIN2O3S. The van der Waals surface area contributed by atoms with Crippen LogP contribution < -0.4 is 14.8 Å². The molecule has 0 atom stereocenters. The molecule has 1 heterocycles. The first-order valence-corrected chi connectivity index (χ1v) is 13.3. The molecule has 1 saturated heterocycles. The fourth-order valence-electron chi connectivity index (χ4n) is 3.18. The molecule has 1 N–H and O–H groups in total. The Bertz CT molecular complexity index is 1260. The highest BCUT2D eigenvalue weighted by Crippen LogP contribution is 2.39. The minimum atomic E-state index is -0.177. The van der Waals surface area contributed by atoms with E-state index < -0.39 is 0 Å². The first-order valence-electron chi connectivity index (χ1n) is 10.6. The molecule has 0 aromatic heterocycles. The van der Waals surface area contributed by atoms with Gasteiger partial charge >= 0.3 is 0 Å². The average molecular weight is 649 g/mol. The lowest BCUT2D eigenvalue weighted by molar-refractivity contribution is -0.115. The Labute approximate surface area is 225 Å². The summed E-state index contributed by atoms with van der Waals surface area (Å²) in [5.41, 5.74) is 3.85. The summed E-state index contributed by atoms with van der Waals surface area (Å²) in [6.07, 6.45) is 1.83. The quantitative estimate of drug-likeness (QED) is 0.217. The van der Waals surface area contributed by atoms with Gasteiger partial charge in [0.15, 0.2) is 16.7 Å². The van der Waals surface area contributed by atoms with E-state index >= 15 is 0 Å². The smallest absolute Gasteiger partial charge is 0.264 e. The predicted molar refractivity (Wildman–Crippen MR) is 151 cm³/mol. The van der Waals surface area contributed by atoms with Crippen LogP contribution in [0, 0.1) is 10.5 Å². The van der Waals surface area contributed by atoms with Gasteiger partial charge in [0.1, 0.15) is 6.61 Å². The first kappa shape index (κ1) is 24.8. The van der Waals surface area contributed by atoms with Gasteiger partial charge in [0.25, 0.3) is 5.91 Å². The summed E-state index contributed by atoms with van der Waals surface area (Å²) in [5.74, 6) is 1.07. The van der Waals surface area contributed by atoms with E-state index in [1.54, 1.807) is 0 Å². The van der Waals surface area contributed by atoms with E-state index in [0.29, 0.717) is 34.8 Å². The second-order valence-electron chi connectivity index (χ2n) is 7.50. The van der Waals surface area contributed by atoms with Gasteiger partial charge in [-0.2, -0.15) is 0 Å². The first-order chi connectivity index (χ1) is 16.4. The van der Waals surface area contributed by atoms with Crippen LogP contribution in [-0.4, -0.2) is 17.7 Å². The number of carbonyl (C=O) groups excluding carboxylic acids is 1. The number of thioether (sulfide) groups is 1. The van der Waals surface area contributed by atoms with Gasteiger partial charge in [-0.15, -0.1) is 0 Å². The molecule has 0 radical (unpaired) electrons. The third-order valence-corrected chi connectivity index (χ3v) is 7.06. The summed E-state index contributed by atoms with van der Waals surface area (Å²) >= 11 is 7.21. The van der Waals surface area contributed by atoms with E-state index in [1.807, 2.05) is 80.6 Å². The standard InChI is InChI=1S/C26H22BrIN2O3S/c1-3-32-22-13-18(12-21(27)24(22)33-15-17-6-8-19(28)9-7-17)14-23-25(31)30-26(34-23)29-20-10-4-16(2)5-11-20/h4-14H,3,15H2,1-2H3,(H,29,30,31)/b23-14+. The van der Waals surface area contributed by atoms with Gasteiger partial charge in [0.05, 0.1) is 21.7 Å². The molecule has 1 fully saturated rings. The predicted octanol–water partition coefficient (Wildman–Crippen LogP) is 7.23. The van der Waals surface area contributed by atoms with E-state index in [2.05, 4.69) is 48.8 Å². The normalized spacial score (nSPS) is 15.6. The van der Waals surface area contributed by atoms with Crippen LogP contribution in [0.4, 0.5) is 5.69 Å². The zero-order valence-electron chi connectivity index (χ0n) is 18.6. The van der Waals surface area contributed by atoms with Crippen molar-refractivity contribution in [1.82, 2.24) is 5.32 Å². The van der Waals surface area contributed by atoms with Gasteiger partial charge in [-0.1, -0.05) is 29.8 Å². The molecule has 0 unspecified atom stereocenters. The Balaban J connectivity index is 1.54. The third kappa shape index (κ3) is 6.43. The number of hydrogen-bond acceptors (Lipinski definition) is 5. The monoisotopic (exact) mass is 648 g/mol. The largest absolute Gasteiger partial charge is 0.490 e. The van der Waals surface area contributed by atoms with Crippen LogP contribution in [0.3, 0.4) is 0 Å². The molecule has 1 amide bonds. The fourth-order valence-corrected chi connectivity index (χ4v) is 4.95. The van der Waals surface area contributed by atoms with Crippen LogP contribution in [0.5, 0.6) is 11.5 Å². The van der Waals surface area contributed by atoms with Crippen molar-refractivity contribution >= 4 is 73.1 Å². The lowest BCUT2D eigenvalue weighted by Gasteiger charge is -2.15. The molecule has 0 saturated carbocycles.